The molecule has 1 fully saturated rings. The van der Waals surface area contributed by atoms with Crippen molar-refractivity contribution < 1.29 is 14.6 Å². The Labute approximate surface area is 114 Å². The fraction of sp³-hybridized carbons (Fsp3) is 0.625. The molecule has 2 aliphatic rings. The normalized spacial score (nSPS) is 33.4. The summed E-state index contributed by atoms with van der Waals surface area (Å²) in [6, 6.07) is 6.24. The highest BCUT2D eigenvalue weighted by Crippen LogP contribution is 2.55. The highest BCUT2D eigenvalue weighted by atomic mass is 16.5. The van der Waals surface area contributed by atoms with Crippen LogP contribution in [0.5, 0.6) is 11.5 Å². The summed E-state index contributed by atoms with van der Waals surface area (Å²) in [5.74, 6) is 2.12. The van der Waals surface area contributed by atoms with Crippen LogP contribution in [0.4, 0.5) is 0 Å². The van der Waals surface area contributed by atoms with E-state index in [1.807, 2.05) is 6.07 Å². The Morgan fingerprint density at radius 2 is 2.00 bits per heavy atom. The van der Waals surface area contributed by atoms with E-state index in [2.05, 4.69) is 26.0 Å². The number of benzene rings is 1. The lowest BCUT2D eigenvalue weighted by molar-refractivity contribution is -0.0778. The standard InChI is InChI=1S/C16H22O3/c1-3-16(2)12(10-15(16)17)11-5-6-13-14(9-11)19-8-4-7-18-13/h5-6,9,12,15,17H,3-4,7-8,10H2,1-2H3. The van der Waals surface area contributed by atoms with Gasteiger partial charge in [-0.15, -0.1) is 0 Å². The highest BCUT2D eigenvalue weighted by molar-refractivity contribution is 5.45. The van der Waals surface area contributed by atoms with Gasteiger partial charge in [-0.1, -0.05) is 19.9 Å². The van der Waals surface area contributed by atoms with Gasteiger partial charge in [0, 0.05) is 11.8 Å². The second-order valence-electron chi connectivity index (χ2n) is 5.92. The molecule has 3 atom stereocenters. The van der Waals surface area contributed by atoms with Crippen molar-refractivity contribution >= 4 is 0 Å². The number of fused-ring (bicyclic) bond motifs is 1. The third-order valence-corrected chi connectivity index (χ3v) is 4.95. The van der Waals surface area contributed by atoms with Gasteiger partial charge in [0.25, 0.3) is 0 Å². The molecular weight excluding hydrogens is 240 g/mol. The zero-order valence-electron chi connectivity index (χ0n) is 11.7. The molecule has 3 heteroatoms. The van der Waals surface area contributed by atoms with Gasteiger partial charge < -0.3 is 14.6 Å². The number of rotatable bonds is 2. The average Bonchev–Trinajstić information content (AvgIpc) is 2.68. The van der Waals surface area contributed by atoms with Crippen LogP contribution in [0.3, 0.4) is 0 Å². The third kappa shape index (κ3) is 2.00. The number of aliphatic hydroxyl groups excluding tert-OH is 1. The molecule has 0 radical (unpaired) electrons. The molecule has 1 aliphatic carbocycles. The Hall–Kier alpha value is -1.22. The monoisotopic (exact) mass is 262 g/mol. The van der Waals surface area contributed by atoms with Crippen LogP contribution in [0.25, 0.3) is 0 Å². The van der Waals surface area contributed by atoms with Gasteiger partial charge in [-0.2, -0.15) is 0 Å². The molecule has 0 saturated heterocycles. The van der Waals surface area contributed by atoms with Crippen LogP contribution in [0.15, 0.2) is 18.2 Å². The quantitative estimate of drug-likeness (QED) is 0.890. The second-order valence-corrected chi connectivity index (χ2v) is 5.92. The predicted molar refractivity (Wildman–Crippen MR) is 73.8 cm³/mol. The van der Waals surface area contributed by atoms with Crippen molar-refractivity contribution in [3.05, 3.63) is 23.8 Å². The number of hydrogen-bond donors (Lipinski definition) is 1. The molecule has 3 unspecified atom stereocenters. The van der Waals surface area contributed by atoms with E-state index in [0.717, 1.165) is 44.0 Å². The van der Waals surface area contributed by atoms with Gasteiger partial charge in [0.1, 0.15) is 0 Å². The maximum absolute atomic E-state index is 10.0. The number of ether oxygens (including phenoxy) is 2. The van der Waals surface area contributed by atoms with Crippen molar-refractivity contribution in [1.82, 2.24) is 0 Å². The Balaban J connectivity index is 1.88. The van der Waals surface area contributed by atoms with Gasteiger partial charge in [-0.3, -0.25) is 0 Å². The molecule has 0 amide bonds. The van der Waals surface area contributed by atoms with Crippen LogP contribution >= 0.6 is 0 Å². The first kappa shape index (κ1) is 12.8. The van der Waals surface area contributed by atoms with Crippen molar-refractivity contribution in [3.63, 3.8) is 0 Å². The Morgan fingerprint density at radius 1 is 1.26 bits per heavy atom. The lowest BCUT2D eigenvalue weighted by Crippen LogP contribution is -2.49. The first-order chi connectivity index (χ1) is 9.15. The van der Waals surface area contributed by atoms with E-state index in [1.165, 1.54) is 5.56 Å². The summed E-state index contributed by atoms with van der Waals surface area (Å²) >= 11 is 0. The first-order valence-corrected chi connectivity index (χ1v) is 7.23. The van der Waals surface area contributed by atoms with E-state index in [9.17, 15) is 5.11 Å². The van der Waals surface area contributed by atoms with Crippen molar-refractivity contribution in [2.75, 3.05) is 13.2 Å². The van der Waals surface area contributed by atoms with Gasteiger partial charge in [0.2, 0.25) is 0 Å². The van der Waals surface area contributed by atoms with Crippen LogP contribution in [0, 0.1) is 5.41 Å². The lowest BCUT2D eigenvalue weighted by Gasteiger charge is -2.51. The lowest BCUT2D eigenvalue weighted by atomic mass is 9.55. The van der Waals surface area contributed by atoms with Gasteiger partial charge in [-0.05, 0) is 36.5 Å². The maximum atomic E-state index is 10.0. The molecule has 0 spiro atoms. The molecule has 104 valence electrons. The topological polar surface area (TPSA) is 38.7 Å². The zero-order valence-corrected chi connectivity index (χ0v) is 11.7. The average molecular weight is 262 g/mol. The van der Waals surface area contributed by atoms with E-state index in [4.69, 9.17) is 9.47 Å². The van der Waals surface area contributed by atoms with Crippen molar-refractivity contribution in [3.8, 4) is 11.5 Å². The summed E-state index contributed by atoms with van der Waals surface area (Å²) in [7, 11) is 0. The fourth-order valence-corrected chi connectivity index (χ4v) is 3.23. The predicted octanol–water partition coefficient (Wildman–Crippen LogP) is 3.11. The van der Waals surface area contributed by atoms with Crippen molar-refractivity contribution in [1.29, 1.82) is 0 Å². The third-order valence-electron chi connectivity index (χ3n) is 4.95. The SMILES string of the molecule is CCC1(C)C(O)CC1c1ccc2c(c1)OCCCO2. The van der Waals surface area contributed by atoms with Gasteiger partial charge in [0.15, 0.2) is 11.5 Å². The Kier molecular flexibility index (Phi) is 3.17. The molecule has 1 aromatic rings. The summed E-state index contributed by atoms with van der Waals surface area (Å²) in [4.78, 5) is 0. The molecule has 0 bridgehead atoms. The van der Waals surface area contributed by atoms with Crippen molar-refractivity contribution in [2.45, 2.75) is 45.1 Å². The fourth-order valence-electron chi connectivity index (χ4n) is 3.23. The Morgan fingerprint density at radius 3 is 2.68 bits per heavy atom. The van der Waals surface area contributed by atoms with Gasteiger partial charge in [-0.25, -0.2) is 0 Å². The first-order valence-electron chi connectivity index (χ1n) is 7.23. The van der Waals surface area contributed by atoms with Gasteiger partial charge in [0.05, 0.1) is 19.3 Å². The van der Waals surface area contributed by atoms with E-state index < -0.39 is 0 Å². The molecule has 1 aliphatic heterocycles. The van der Waals surface area contributed by atoms with E-state index >= 15 is 0 Å². The van der Waals surface area contributed by atoms with E-state index in [-0.39, 0.29) is 11.5 Å². The zero-order chi connectivity index (χ0) is 13.5. The van der Waals surface area contributed by atoms with Crippen LogP contribution in [0.2, 0.25) is 0 Å². The molecule has 3 rings (SSSR count). The van der Waals surface area contributed by atoms with E-state index in [1.54, 1.807) is 0 Å². The maximum Gasteiger partial charge on any atom is 0.161 e. The minimum Gasteiger partial charge on any atom is -0.490 e. The summed E-state index contributed by atoms with van der Waals surface area (Å²) < 4.78 is 11.4. The summed E-state index contributed by atoms with van der Waals surface area (Å²) in [5.41, 5.74) is 1.26. The van der Waals surface area contributed by atoms with Crippen LogP contribution < -0.4 is 9.47 Å². The number of aliphatic hydroxyl groups is 1. The molecule has 1 aromatic carbocycles. The van der Waals surface area contributed by atoms with Gasteiger partial charge >= 0.3 is 0 Å². The van der Waals surface area contributed by atoms with Crippen LogP contribution in [-0.4, -0.2) is 24.4 Å². The largest absolute Gasteiger partial charge is 0.490 e. The summed E-state index contributed by atoms with van der Waals surface area (Å²) in [6.07, 6.45) is 2.59. The minimum absolute atomic E-state index is 0.000176. The van der Waals surface area contributed by atoms with Crippen LogP contribution in [0.1, 0.15) is 44.6 Å². The molecule has 0 aromatic heterocycles. The highest BCUT2D eigenvalue weighted by Gasteiger charge is 2.50. The second kappa shape index (κ2) is 4.71. The van der Waals surface area contributed by atoms with Crippen LogP contribution in [-0.2, 0) is 0 Å². The molecule has 3 nitrogen and oxygen atoms in total. The molecule has 1 heterocycles. The summed E-state index contributed by atoms with van der Waals surface area (Å²) in [6.45, 7) is 5.77. The molecule has 19 heavy (non-hydrogen) atoms. The minimum atomic E-state index is -0.182. The molecule has 1 saturated carbocycles. The Bertz CT molecular complexity index is 471. The molecular formula is C16H22O3. The smallest absolute Gasteiger partial charge is 0.161 e. The van der Waals surface area contributed by atoms with Crippen molar-refractivity contribution in [2.24, 2.45) is 5.41 Å². The van der Waals surface area contributed by atoms with E-state index in [0.29, 0.717) is 5.92 Å². The molecule has 1 N–H and O–H groups in total. The summed E-state index contributed by atoms with van der Waals surface area (Å²) in [5, 5.41) is 10.0. The number of hydrogen-bond acceptors (Lipinski definition) is 3.